The number of hydrogen-bond acceptors (Lipinski definition) is 1. The van der Waals surface area contributed by atoms with Crippen molar-refractivity contribution in [3.05, 3.63) is 66.4 Å². The van der Waals surface area contributed by atoms with Crippen LogP contribution in [0.1, 0.15) is 19.4 Å². The fourth-order valence-corrected chi connectivity index (χ4v) is 4.83. The molecule has 0 aliphatic carbocycles. The number of benzene rings is 2. The molecule has 0 aliphatic rings. The van der Waals surface area contributed by atoms with Crippen molar-refractivity contribution in [2.75, 3.05) is 0 Å². The first kappa shape index (κ1) is 14.9. The van der Waals surface area contributed by atoms with E-state index in [0.29, 0.717) is 6.61 Å². The molecule has 113 valence electrons. The summed E-state index contributed by atoms with van der Waals surface area (Å²) in [5.74, 6) is 0.941. The smallest absolute Gasteiger partial charge is 0.174 e. The van der Waals surface area contributed by atoms with Gasteiger partial charge >= 0.3 is 0 Å². The Morgan fingerprint density at radius 3 is 2.45 bits per heavy atom. The average Bonchev–Trinajstić information content (AvgIpc) is 2.98. The normalized spacial score (nSPS) is 11.2. The predicted octanol–water partition coefficient (Wildman–Crippen LogP) is 5.10. The second-order valence-electron chi connectivity index (χ2n) is 5.45. The van der Waals surface area contributed by atoms with Crippen molar-refractivity contribution in [2.45, 2.75) is 32.5 Å². The van der Waals surface area contributed by atoms with E-state index in [1.165, 1.54) is 28.6 Å². The number of fused-ring (bicyclic) bond motifs is 1. The molecule has 1 aromatic heterocycles. The zero-order chi connectivity index (χ0) is 15.4. The Hall–Kier alpha value is -2.00. The largest absolute Gasteiger partial charge is 0.489 e. The third-order valence-electron chi connectivity index (χ3n) is 4.07. The van der Waals surface area contributed by atoms with Gasteiger partial charge in [0.05, 0.1) is 0 Å². The lowest BCUT2D eigenvalue weighted by Gasteiger charge is -2.14. The van der Waals surface area contributed by atoms with Crippen LogP contribution in [-0.2, 0) is 6.61 Å². The maximum absolute atomic E-state index is 5.92. The van der Waals surface area contributed by atoms with Crippen LogP contribution in [0.2, 0.25) is 12.1 Å². The number of aromatic nitrogens is 1. The lowest BCUT2D eigenvalue weighted by atomic mass is 10.2. The SMILES string of the molecule is CC[Si](CC)n1ccc2cc(OCc3ccccc3)ccc21. The molecule has 0 aliphatic heterocycles. The molecule has 3 heteroatoms. The zero-order valence-electron chi connectivity index (χ0n) is 13.3. The monoisotopic (exact) mass is 308 g/mol. The first-order valence-corrected chi connectivity index (χ1v) is 9.81. The van der Waals surface area contributed by atoms with Crippen LogP contribution in [0.3, 0.4) is 0 Å². The van der Waals surface area contributed by atoms with Crippen molar-refractivity contribution in [1.29, 1.82) is 0 Å². The van der Waals surface area contributed by atoms with E-state index in [1.807, 2.05) is 18.2 Å². The molecule has 1 radical (unpaired) electrons. The van der Waals surface area contributed by atoms with Gasteiger partial charge in [0.15, 0.2) is 8.96 Å². The Balaban J connectivity index is 1.79. The number of ether oxygens (including phenoxy) is 1. The van der Waals surface area contributed by atoms with E-state index in [2.05, 4.69) is 60.7 Å². The van der Waals surface area contributed by atoms with E-state index in [4.69, 9.17) is 4.74 Å². The van der Waals surface area contributed by atoms with Crippen LogP contribution in [0.25, 0.3) is 10.9 Å². The molecule has 0 fully saturated rings. The van der Waals surface area contributed by atoms with Gasteiger partial charge in [-0.1, -0.05) is 44.2 Å². The minimum Gasteiger partial charge on any atom is -0.489 e. The fourth-order valence-electron chi connectivity index (χ4n) is 2.82. The Morgan fingerprint density at radius 2 is 1.73 bits per heavy atom. The summed E-state index contributed by atoms with van der Waals surface area (Å²) in [6.45, 7) is 5.20. The van der Waals surface area contributed by atoms with Crippen molar-refractivity contribution < 1.29 is 4.74 Å². The van der Waals surface area contributed by atoms with Gasteiger partial charge in [0.1, 0.15) is 12.4 Å². The van der Waals surface area contributed by atoms with E-state index in [-0.39, 0.29) is 0 Å². The molecule has 0 N–H and O–H groups in total. The summed E-state index contributed by atoms with van der Waals surface area (Å²) < 4.78 is 8.41. The zero-order valence-corrected chi connectivity index (χ0v) is 14.3. The summed E-state index contributed by atoms with van der Waals surface area (Å²) in [5.41, 5.74) is 2.53. The molecule has 3 rings (SSSR count). The minimum atomic E-state index is -0.474. The van der Waals surface area contributed by atoms with Crippen LogP contribution >= 0.6 is 0 Å². The van der Waals surface area contributed by atoms with Gasteiger partial charge in [-0.3, -0.25) is 0 Å². The Bertz CT molecular complexity index is 732. The average molecular weight is 308 g/mol. The molecule has 0 amide bonds. The highest BCUT2D eigenvalue weighted by atomic mass is 28.3. The number of nitrogens with zero attached hydrogens (tertiary/aromatic N) is 1. The molecule has 0 saturated carbocycles. The summed E-state index contributed by atoms with van der Waals surface area (Å²) in [4.78, 5) is 0. The van der Waals surface area contributed by atoms with Crippen molar-refractivity contribution in [1.82, 2.24) is 4.23 Å². The van der Waals surface area contributed by atoms with Gasteiger partial charge in [0.2, 0.25) is 0 Å². The molecule has 3 aromatic rings. The molecular formula is C19H22NOSi. The first-order valence-electron chi connectivity index (χ1n) is 7.94. The van der Waals surface area contributed by atoms with Crippen molar-refractivity contribution in [3.8, 4) is 5.75 Å². The van der Waals surface area contributed by atoms with Gasteiger partial charge in [0, 0.05) is 10.9 Å². The molecular weight excluding hydrogens is 286 g/mol. The maximum Gasteiger partial charge on any atom is 0.174 e. The fraction of sp³-hybridized carbons (Fsp3) is 0.263. The molecule has 0 bridgehead atoms. The summed E-state index contributed by atoms with van der Waals surface area (Å²) in [7, 11) is -0.474. The van der Waals surface area contributed by atoms with E-state index in [0.717, 1.165) is 5.75 Å². The van der Waals surface area contributed by atoms with Crippen LogP contribution in [-0.4, -0.2) is 13.2 Å². The number of rotatable bonds is 6. The number of hydrogen-bond donors (Lipinski definition) is 0. The van der Waals surface area contributed by atoms with Gasteiger partial charge in [-0.2, -0.15) is 0 Å². The predicted molar refractivity (Wildman–Crippen MR) is 94.8 cm³/mol. The molecule has 2 nitrogen and oxygen atoms in total. The topological polar surface area (TPSA) is 14.2 Å². The Morgan fingerprint density at radius 1 is 0.955 bits per heavy atom. The maximum atomic E-state index is 5.92. The highest BCUT2D eigenvalue weighted by Crippen LogP contribution is 2.24. The van der Waals surface area contributed by atoms with Gasteiger partial charge in [-0.15, -0.1) is 0 Å². The van der Waals surface area contributed by atoms with Crippen LogP contribution in [0.4, 0.5) is 0 Å². The van der Waals surface area contributed by atoms with E-state index in [9.17, 15) is 0 Å². The molecule has 1 heterocycles. The summed E-state index contributed by atoms with van der Waals surface area (Å²) in [5, 5.41) is 1.27. The van der Waals surface area contributed by atoms with Crippen molar-refractivity contribution in [3.63, 3.8) is 0 Å². The summed E-state index contributed by atoms with van der Waals surface area (Å²) in [6.07, 6.45) is 2.24. The van der Waals surface area contributed by atoms with Crippen LogP contribution in [0.5, 0.6) is 5.75 Å². The van der Waals surface area contributed by atoms with E-state index >= 15 is 0 Å². The second kappa shape index (κ2) is 6.84. The van der Waals surface area contributed by atoms with E-state index < -0.39 is 8.96 Å². The van der Waals surface area contributed by atoms with E-state index in [1.54, 1.807) is 0 Å². The third-order valence-corrected chi connectivity index (χ3v) is 6.77. The second-order valence-corrected chi connectivity index (χ2v) is 8.48. The standard InChI is InChI=1S/C19H22NOSi/c1-3-22(4-2)20-13-12-17-14-18(10-11-19(17)20)21-15-16-8-6-5-7-9-16/h5-14H,3-4,15H2,1-2H3. The Kier molecular flexibility index (Phi) is 4.64. The third kappa shape index (κ3) is 3.09. The van der Waals surface area contributed by atoms with Crippen molar-refractivity contribution >= 4 is 19.9 Å². The van der Waals surface area contributed by atoms with Crippen LogP contribution < -0.4 is 4.74 Å². The lowest BCUT2D eigenvalue weighted by Crippen LogP contribution is -2.20. The van der Waals surface area contributed by atoms with Crippen LogP contribution in [0.15, 0.2) is 60.8 Å². The lowest BCUT2D eigenvalue weighted by molar-refractivity contribution is 0.306. The Labute approximate surface area is 134 Å². The van der Waals surface area contributed by atoms with Gasteiger partial charge in [-0.25, -0.2) is 0 Å². The van der Waals surface area contributed by atoms with Crippen LogP contribution in [0, 0.1) is 0 Å². The highest BCUT2D eigenvalue weighted by molar-refractivity contribution is 6.58. The minimum absolute atomic E-state index is 0.474. The molecule has 2 aromatic carbocycles. The van der Waals surface area contributed by atoms with Gasteiger partial charge in [-0.05, 0) is 48.1 Å². The van der Waals surface area contributed by atoms with Gasteiger partial charge in [0.25, 0.3) is 0 Å². The van der Waals surface area contributed by atoms with Gasteiger partial charge < -0.3 is 8.97 Å². The quantitative estimate of drug-likeness (QED) is 0.578. The first-order chi connectivity index (χ1) is 10.8. The van der Waals surface area contributed by atoms with Crippen molar-refractivity contribution in [2.24, 2.45) is 0 Å². The molecule has 0 saturated heterocycles. The highest BCUT2D eigenvalue weighted by Gasteiger charge is 2.12. The molecule has 22 heavy (non-hydrogen) atoms. The molecule has 0 spiro atoms. The molecule has 0 unspecified atom stereocenters. The summed E-state index contributed by atoms with van der Waals surface area (Å²) in [6, 6.07) is 21.5. The molecule has 0 atom stereocenters. The summed E-state index contributed by atoms with van der Waals surface area (Å²) >= 11 is 0.